The second-order valence-corrected chi connectivity index (χ2v) is 5.21. The van der Waals surface area contributed by atoms with Crippen molar-refractivity contribution in [3.05, 3.63) is 40.3 Å². The van der Waals surface area contributed by atoms with E-state index in [1.807, 2.05) is 0 Å². The third-order valence-corrected chi connectivity index (χ3v) is 3.71. The van der Waals surface area contributed by atoms with Gasteiger partial charge in [-0.05, 0) is 12.1 Å². The predicted molar refractivity (Wildman–Crippen MR) is 95.2 cm³/mol. The first-order chi connectivity index (χ1) is 12.0. The topological polar surface area (TPSA) is 109 Å². The number of aromatic nitrogens is 2. The van der Waals surface area contributed by atoms with Gasteiger partial charge in [-0.3, -0.25) is 4.79 Å². The quantitative estimate of drug-likeness (QED) is 0.513. The van der Waals surface area contributed by atoms with Crippen LogP contribution in [-0.4, -0.2) is 43.4 Å². The first-order valence-corrected chi connectivity index (χ1v) is 7.66. The highest BCUT2D eigenvalue weighted by Gasteiger charge is 2.16. The number of carbonyl (C=O) groups is 1. The number of nitrogens with zero attached hydrogens (tertiary/aromatic N) is 2. The van der Waals surface area contributed by atoms with Gasteiger partial charge in [0.15, 0.2) is 0 Å². The Kier molecular flexibility index (Phi) is 6.13. The predicted octanol–water partition coefficient (Wildman–Crippen LogP) is 2.12. The number of anilines is 1. The summed E-state index contributed by atoms with van der Waals surface area (Å²) in [7, 11) is 4.72. The van der Waals surface area contributed by atoms with Crippen LogP contribution in [0.25, 0.3) is 0 Å². The van der Waals surface area contributed by atoms with Gasteiger partial charge in [0.25, 0.3) is 5.91 Å². The lowest BCUT2D eigenvalue weighted by Crippen LogP contribution is -2.26. The smallest absolute Gasteiger partial charge is 0.289 e. The third kappa shape index (κ3) is 4.16. The van der Waals surface area contributed by atoms with E-state index in [2.05, 4.69) is 20.6 Å². The third-order valence-electron chi connectivity index (χ3n) is 3.42. The standard InChI is InChI=1S/C16H18ClN5O3/c1-19-14-11(7-18)13(17)21-15(22-14)16(23)20-8-9-4-5-10(24-2)6-12(9)25-3/h4-7,18H,8H2,1-3H3,(H,20,23)(H,19,21,22). The molecule has 0 saturated carbocycles. The molecule has 0 aliphatic rings. The van der Waals surface area contributed by atoms with E-state index < -0.39 is 5.91 Å². The first-order valence-electron chi connectivity index (χ1n) is 7.28. The lowest BCUT2D eigenvalue weighted by atomic mass is 10.2. The van der Waals surface area contributed by atoms with Crippen LogP contribution in [-0.2, 0) is 6.54 Å². The molecule has 0 aliphatic carbocycles. The Balaban J connectivity index is 2.18. The minimum atomic E-state index is -0.493. The highest BCUT2D eigenvalue weighted by Crippen LogP contribution is 2.24. The summed E-state index contributed by atoms with van der Waals surface area (Å²) in [6.07, 6.45) is 1.03. The van der Waals surface area contributed by atoms with E-state index in [1.165, 1.54) is 7.11 Å². The van der Waals surface area contributed by atoms with Crippen molar-refractivity contribution in [2.75, 3.05) is 26.6 Å². The van der Waals surface area contributed by atoms with Gasteiger partial charge in [-0.15, -0.1) is 0 Å². The summed E-state index contributed by atoms with van der Waals surface area (Å²) in [4.78, 5) is 20.3. The van der Waals surface area contributed by atoms with Crippen molar-refractivity contribution in [3.8, 4) is 11.5 Å². The Morgan fingerprint density at radius 3 is 2.68 bits per heavy atom. The normalized spacial score (nSPS) is 10.1. The van der Waals surface area contributed by atoms with Gasteiger partial charge in [0.2, 0.25) is 5.82 Å². The fourth-order valence-corrected chi connectivity index (χ4v) is 2.34. The molecule has 0 radical (unpaired) electrons. The maximum Gasteiger partial charge on any atom is 0.289 e. The molecule has 0 spiro atoms. The van der Waals surface area contributed by atoms with Crippen LogP contribution >= 0.6 is 11.6 Å². The molecular formula is C16H18ClN5O3. The molecule has 0 saturated heterocycles. The Labute approximate surface area is 150 Å². The van der Waals surface area contributed by atoms with E-state index in [1.54, 1.807) is 32.4 Å². The molecule has 2 rings (SSSR count). The molecule has 0 bridgehead atoms. The van der Waals surface area contributed by atoms with Gasteiger partial charge >= 0.3 is 0 Å². The number of carbonyl (C=O) groups excluding carboxylic acids is 1. The monoisotopic (exact) mass is 363 g/mol. The van der Waals surface area contributed by atoms with Crippen LogP contribution in [0.5, 0.6) is 11.5 Å². The highest BCUT2D eigenvalue weighted by atomic mass is 35.5. The van der Waals surface area contributed by atoms with Crippen LogP contribution in [0.4, 0.5) is 5.82 Å². The summed E-state index contributed by atoms with van der Waals surface area (Å²) in [5, 5.41) is 12.9. The number of rotatable bonds is 7. The zero-order valence-corrected chi connectivity index (χ0v) is 14.8. The molecule has 8 nitrogen and oxygen atoms in total. The largest absolute Gasteiger partial charge is 0.497 e. The van der Waals surface area contributed by atoms with Gasteiger partial charge in [0, 0.05) is 31.4 Å². The lowest BCUT2D eigenvalue weighted by molar-refractivity contribution is 0.0940. The fourth-order valence-electron chi connectivity index (χ4n) is 2.11. The molecule has 3 N–H and O–H groups in total. The molecule has 0 atom stereocenters. The Morgan fingerprint density at radius 2 is 2.08 bits per heavy atom. The van der Waals surface area contributed by atoms with Crippen molar-refractivity contribution in [2.45, 2.75) is 6.54 Å². The highest BCUT2D eigenvalue weighted by molar-refractivity contribution is 6.32. The van der Waals surface area contributed by atoms with Crippen molar-refractivity contribution < 1.29 is 14.3 Å². The molecule has 1 aromatic heterocycles. The number of amides is 1. The second-order valence-electron chi connectivity index (χ2n) is 4.86. The van der Waals surface area contributed by atoms with Crippen molar-refractivity contribution in [1.82, 2.24) is 15.3 Å². The maximum absolute atomic E-state index is 12.3. The van der Waals surface area contributed by atoms with Crippen LogP contribution in [0.3, 0.4) is 0 Å². The van der Waals surface area contributed by atoms with Crippen molar-refractivity contribution in [1.29, 1.82) is 5.41 Å². The summed E-state index contributed by atoms with van der Waals surface area (Å²) >= 11 is 6.00. The van der Waals surface area contributed by atoms with Gasteiger partial charge in [0.1, 0.15) is 22.5 Å². The number of halogens is 1. The molecule has 2 aromatic rings. The van der Waals surface area contributed by atoms with Crippen molar-refractivity contribution in [2.24, 2.45) is 0 Å². The summed E-state index contributed by atoms with van der Waals surface area (Å²) in [5.41, 5.74) is 1.09. The molecule has 1 heterocycles. The van der Waals surface area contributed by atoms with E-state index in [0.717, 1.165) is 11.8 Å². The van der Waals surface area contributed by atoms with E-state index >= 15 is 0 Å². The summed E-state index contributed by atoms with van der Waals surface area (Å²) in [6, 6.07) is 5.30. The Bertz CT molecular complexity index is 798. The number of hydrogen-bond acceptors (Lipinski definition) is 7. The van der Waals surface area contributed by atoms with Crippen LogP contribution in [0, 0.1) is 5.41 Å². The van der Waals surface area contributed by atoms with E-state index in [4.69, 9.17) is 26.5 Å². The van der Waals surface area contributed by atoms with Gasteiger partial charge in [-0.1, -0.05) is 11.6 Å². The number of benzene rings is 1. The number of hydrogen-bond donors (Lipinski definition) is 3. The van der Waals surface area contributed by atoms with Crippen LogP contribution in [0.1, 0.15) is 21.7 Å². The van der Waals surface area contributed by atoms with Crippen LogP contribution in [0.15, 0.2) is 18.2 Å². The number of nitrogens with one attached hydrogen (secondary N) is 3. The van der Waals surface area contributed by atoms with Crippen molar-refractivity contribution >= 4 is 29.5 Å². The van der Waals surface area contributed by atoms with E-state index in [0.29, 0.717) is 22.9 Å². The van der Waals surface area contributed by atoms with Crippen molar-refractivity contribution in [3.63, 3.8) is 0 Å². The zero-order chi connectivity index (χ0) is 18.4. The Hall–Kier alpha value is -2.87. The molecule has 0 fully saturated rings. The number of ether oxygens (including phenoxy) is 2. The summed E-state index contributed by atoms with van der Waals surface area (Å²) < 4.78 is 10.4. The molecular weight excluding hydrogens is 346 g/mol. The molecule has 132 valence electrons. The minimum Gasteiger partial charge on any atom is -0.497 e. The molecule has 1 amide bonds. The van der Waals surface area contributed by atoms with E-state index in [9.17, 15) is 4.79 Å². The van der Waals surface area contributed by atoms with Crippen LogP contribution in [0.2, 0.25) is 5.15 Å². The molecule has 0 unspecified atom stereocenters. The lowest BCUT2D eigenvalue weighted by Gasteiger charge is -2.12. The molecule has 0 aliphatic heterocycles. The Morgan fingerprint density at radius 1 is 1.32 bits per heavy atom. The minimum absolute atomic E-state index is 0.0292. The molecule has 1 aromatic carbocycles. The average molecular weight is 364 g/mol. The van der Waals surface area contributed by atoms with Gasteiger partial charge in [0.05, 0.1) is 19.8 Å². The SMILES string of the molecule is CNc1nc(C(=O)NCc2ccc(OC)cc2OC)nc(Cl)c1C=N. The van der Waals surface area contributed by atoms with Gasteiger partial charge < -0.3 is 25.5 Å². The van der Waals surface area contributed by atoms with Gasteiger partial charge in [-0.25, -0.2) is 9.97 Å². The second kappa shape index (κ2) is 8.29. The molecule has 9 heteroatoms. The fraction of sp³-hybridized carbons (Fsp3) is 0.250. The average Bonchev–Trinajstić information content (AvgIpc) is 2.64. The summed E-state index contributed by atoms with van der Waals surface area (Å²) in [5.74, 6) is 0.971. The van der Waals surface area contributed by atoms with Crippen LogP contribution < -0.4 is 20.1 Å². The van der Waals surface area contributed by atoms with Gasteiger partial charge in [-0.2, -0.15) is 0 Å². The maximum atomic E-state index is 12.3. The zero-order valence-electron chi connectivity index (χ0n) is 14.0. The van der Waals surface area contributed by atoms with E-state index in [-0.39, 0.29) is 17.5 Å². The first kappa shape index (κ1) is 18.5. The number of methoxy groups -OCH3 is 2. The molecule has 25 heavy (non-hydrogen) atoms. The summed E-state index contributed by atoms with van der Waals surface area (Å²) in [6.45, 7) is 0.216.